The number of rotatable bonds is 4. The van der Waals surface area contributed by atoms with Crippen molar-refractivity contribution in [3.63, 3.8) is 0 Å². The monoisotopic (exact) mass is 277 g/mol. The highest BCUT2D eigenvalue weighted by Gasteiger charge is 2.28. The van der Waals surface area contributed by atoms with Gasteiger partial charge < -0.3 is 9.30 Å². The summed E-state index contributed by atoms with van der Waals surface area (Å²) in [6.07, 6.45) is 6.54. The average molecular weight is 277 g/mol. The third kappa shape index (κ3) is 2.51. The zero-order valence-corrected chi connectivity index (χ0v) is 12.6. The van der Waals surface area contributed by atoms with E-state index in [4.69, 9.17) is 4.74 Å². The Labute approximate surface area is 120 Å². The van der Waals surface area contributed by atoms with Crippen molar-refractivity contribution < 1.29 is 14.3 Å². The number of carbonyl (C=O) groups excluding carboxylic acids is 2. The minimum Gasteiger partial charge on any atom is -0.461 e. The quantitative estimate of drug-likeness (QED) is 0.624. The Morgan fingerprint density at radius 2 is 1.95 bits per heavy atom. The number of aldehydes is 1. The highest BCUT2D eigenvalue weighted by Crippen LogP contribution is 2.34. The molecule has 1 heterocycles. The van der Waals surface area contributed by atoms with E-state index in [0.717, 1.165) is 30.4 Å². The fourth-order valence-electron chi connectivity index (χ4n) is 3.20. The Morgan fingerprint density at radius 3 is 2.50 bits per heavy atom. The molecule has 2 rings (SSSR count). The van der Waals surface area contributed by atoms with Crippen molar-refractivity contribution in [2.45, 2.75) is 58.9 Å². The lowest BCUT2D eigenvalue weighted by Crippen LogP contribution is -2.21. The maximum atomic E-state index is 12.3. The fourth-order valence-corrected chi connectivity index (χ4v) is 3.20. The smallest absolute Gasteiger partial charge is 0.355 e. The maximum absolute atomic E-state index is 12.3. The molecule has 0 amide bonds. The largest absolute Gasteiger partial charge is 0.461 e. The summed E-state index contributed by atoms with van der Waals surface area (Å²) in [5.41, 5.74) is 2.85. The molecule has 1 aromatic heterocycles. The van der Waals surface area contributed by atoms with Gasteiger partial charge in [0.1, 0.15) is 5.69 Å². The summed E-state index contributed by atoms with van der Waals surface area (Å²) in [5, 5.41) is 0. The van der Waals surface area contributed by atoms with Crippen LogP contribution in [0, 0.1) is 13.8 Å². The number of aromatic nitrogens is 1. The third-order valence-electron chi connectivity index (χ3n) is 4.33. The van der Waals surface area contributed by atoms with E-state index in [0.29, 0.717) is 23.9 Å². The molecule has 1 aliphatic rings. The number of ether oxygens (including phenoxy) is 1. The summed E-state index contributed by atoms with van der Waals surface area (Å²) in [4.78, 5) is 23.6. The summed E-state index contributed by atoms with van der Waals surface area (Å²) in [6, 6.07) is 0.315. The molecular weight excluding hydrogens is 254 g/mol. The highest BCUT2D eigenvalue weighted by molar-refractivity contribution is 5.98. The van der Waals surface area contributed by atoms with Crippen LogP contribution in [0.3, 0.4) is 0 Å². The number of hydrogen-bond acceptors (Lipinski definition) is 3. The van der Waals surface area contributed by atoms with Crippen LogP contribution in [-0.4, -0.2) is 23.4 Å². The molecule has 1 saturated carbocycles. The summed E-state index contributed by atoms with van der Waals surface area (Å²) < 4.78 is 7.20. The van der Waals surface area contributed by atoms with E-state index < -0.39 is 0 Å². The van der Waals surface area contributed by atoms with E-state index in [9.17, 15) is 9.59 Å². The van der Waals surface area contributed by atoms with E-state index in [1.807, 2.05) is 13.8 Å². The van der Waals surface area contributed by atoms with Gasteiger partial charge >= 0.3 is 5.97 Å². The minimum atomic E-state index is -0.378. The van der Waals surface area contributed by atoms with Gasteiger partial charge in [0, 0.05) is 11.7 Å². The molecule has 4 heteroatoms. The van der Waals surface area contributed by atoms with Gasteiger partial charge in [-0.25, -0.2) is 4.79 Å². The molecule has 110 valence electrons. The van der Waals surface area contributed by atoms with Crippen LogP contribution in [0.25, 0.3) is 0 Å². The van der Waals surface area contributed by atoms with Gasteiger partial charge in [-0.2, -0.15) is 0 Å². The molecule has 0 N–H and O–H groups in total. The predicted octanol–water partition coefficient (Wildman–Crippen LogP) is 3.60. The van der Waals surface area contributed by atoms with Gasteiger partial charge in [0.25, 0.3) is 0 Å². The summed E-state index contributed by atoms with van der Waals surface area (Å²) in [5.74, 6) is -0.378. The molecule has 0 bridgehead atoms. The highest BCUT2D eigenvalue weighted by atomic mass is 16.5. The first-order chi connectivity index (χ1) is 9.61. The second-order valence-electron chi connectivity index (χ2n) is 5.47. The van der Waals surface area contributed by atoms with Crippen LogP contribution in [-0.2, 0) is 4.74 Å². The molecular formula is C16H23NO3. The predicted molar refractivity (Wildman–Crippen MR) is 77.4 cm³/mol. The van der Waals surface area contributed by atoms with Crippen molar-refractivity contribution in [2.24, 2.45) is 0 Å². The fraction of sp³-hybridized carbons (Fsp3) is 0.625. The molecule has 1 fully saturated rings. The topological polar surface area (TPSA) is 48.3 Å². The van der Waals surface area contributed by atoms with Gasteiger partial charge in [0.2, 0.25) is 0 Å². The van der Waals surface area contributed by atoms with Crippen LogP contribution in [0.4, 0.5) is 0 Å². The molecule has 1 aliphatic carbocycles. The van der Waals surface area contributed by atoms with E-state index in [1.165, 1.54) is 19.3 Å². The Kier molecular flexibility index (Phi) is 4.63. The van der Waals surface area contributed by atoms with Crippen LogP contribution in [0.15, 0.2) is 0 Å². The second-order valence-corrected chi connectivity index (χ2v) is 5.47. The molecule has 0 radical (unpaired) electrons. The molecule has 0 aliphatic heterocycles. The Hall–Kier alpha value is -1.58. The van der Waals surface area contributed by atoms with Crippen molar-refractivity contribution in [1.29, 1.82) is 0 Å². The Bertz CT molecular complexity index is 510. The standard InChI is InChI=1S/C16H23NO3/c1-4-20-16(19)15-14(10-18)11(2)12(3)17(15)13-8-6-5-7-9-13/h10,13H,4-9H2,1-3H3. The van der Waals surface area contributed by atoms with E-state index >= 15 is 0 Å². The Balaban J connectivity index is 2.52. The van der Waals surface area contributed by atoms with Crippen LogP contribution >= 0.6 is 0 Å². The molecule has 4 nitrogen and oxygen atoms in total. The average Bonchev–Trinajstić information content (AvgIpc) is 2.72. The zero-order chi connectivity index (χ0) is 14.7. The first-order valence-electron chi connectivity index (χ1n) is 7.45. The van der Waals surface area contributed by atoms with E-state index in [-0.39, 0.29) is 5.97 Å². The molecule has 0 unspecified atom stereocenters. The second kappa shape index (κ2) is 6.25. The SMILES string of the molecule is CCOC(=O)c1c(C=O)c(C)c(C)n1C1CCCCC1. The lowest BCUT2D eigenvalue weighted by Gasteiger charge is -2.26. The number of esters is 1. The summed E-state index contributed by atoms with van der Waals surface area (Å²) in [6.45, 7) is 6.00. The van der Waals surface area contributed by atoms with Crippen LogP contribution in [0.1, 0.15) is 77.2 Å². The van der Waals surface area contributed by atoms with Crippen molar-refractivity contribution in [2.75, 3.05) is 6.61 Å². The number of nitrogens with zero attached hydrogens (tertiary/aromatic N) is 1. The van der Waals surface area contributed by atoms with E-state index in [1.54, 1.807) is 6.92 Å². The lowest BCUT2D eigenvalue weighted by atomic mass is 9.95. The molecule has 1 aromatic rings. The van der Waals surface area contributed by atoms with Gasteiger partial charge in [0.05, 0.1) is 12.2 Å². The minimum absolute atomic E-state index is 0.315. The number of carbonyl (C=O) groups is 2. The van der Waals surface area contributed by atoms with Crippen molar-refractivity contribution in [1.82, 2.24) is 4.57 Å². The molecule has 0 atom stereocenters. The van der Waals surface area contributed by atoms with Gasteiger partial charge in [-0.15, -0.1) is 0 Å². The van der Waals surface area contributed by atoms with Crippen molar-refractivity contribution in [3.05, 3.63) is 22.5 Å². The normalized spacial score (nSPS) is 16.1. The summed E-state index contributed by atoms with van der Waals surface area (Å²) in [7, 11) is 0. The van der Waals surface area contributed by atoms with Crippen molar-refractivity contribution >= 4 is 12.3 Å². The maximum Gasteiger partial charge on any atom is 0.355 e. The van der Waals surface area contributed by atoms with Gasteiger partial charge in [-0.1, -0.05) is 19.3 Å². The van der Waals surface area contributed by atoms with Gasteiger partial charge in [0.15, 0.2) is 6.29 Å². The molecule has 0 aromatic carbocycles. The van der Waals surface area contributed by atoms with E-state index in [2.05, 4.69) is 4.57 Å². The number of hydrogen-bond donors (Lipinski definition) is 0. The molecule has 0 spiro atoms. The zero-order valence-electron chi connectivity index (χ0n) is 12.6. The first kappa shape index (κ1) is 14.8. The Morgan fingerprint density at radius 1 is 1.30 bits per heavy atom. The van der Waals surface area contributed by atoms with Crippen LogP contribution in [0.5, 0.6) is 0 Å². The van der Waals surface area contributed by atoms with Crippen LogP contribution < -0.4 is 0 Å². The first-order valence-corrected chi connectivity index (χ1v) is 7.45. The van der Waals surface area contributed by atoms with Gasteiger partial charge in [-0.3, -0.25) is 4.79 Å². The third-order valence-corrected chi connectivity index (χ3v) is 4.33. The van der Waals surface area contributed by atoms with Crippen LogP contribution in [0.2, 0.25) is 0 Å². The molecule has 0 saturated heterocycles. The van der Waals surface area contributed by atoms with Gasteiger partial charge in [-0.05, 0) is 39.2 Å². The molecule has 20 heavy (non-hydrogen) atoms. The lowest BCUT2D eigenvalue weighted by molar-refractivity contribution is 0.0507. The van der Waals surface area contributed by atoms with Crippen molar-refractivity contribution in [3.8, 4) is 0 Å². The summed E-state index contributed by atoms with van der Waals surface area (Å²) >= 11 is 0.